The van der Waals surface area contributed by atoms with Gasteiger partial charge < -0.3 is 5.32 Å². The number of benzene rings is 1. The SMILES string of the molecule is CCNC(c1cc(F)cc(F)c1)c1sccc1C. The van der Waals surface area contributed by atoms with Crippen LogP contribution < -0.4 is 5.32 Å². The first kappa shape index (κ1) is 13.2. The van der Waals surface area contributed by atoms with Crippen LogP contribution in [0.15, 0.2) is 29.6 Å². The summed E-state index contributed by atoms with van der Waals surface area (Å²) < 4.78 is 26.6. The third-order valence-corrected chi connectivity index (χ3v) is 3.87. The second-order valence-electron chi connectivity index (χ2n) is 4.16. The van der Waals surface area contributed by atoms with E-state index < -0.39 is 11.6 Å². The van der Waals surface area contributed by atoms with Crippen molar-refractivity contribution >= 4 is 11.3 Å². The smallest absolute Gasteiger partial charge is 0.126 e. The average molecular weight is 267 g/mol. The molecule has 2 aromatic rings. The van der Waals surface area contributed by atoms with E-state index in [0.29, 0.717) is 5.56 Å². The van der Waals surface area contributed by atoms with E-state index in [9.17, 15) is 8.78 Å². The van der Waals surface area contributed by atoms with Gasteiger partial charge in [0.1, 0.15) is 11.6 Å². The van der Waals surface area contributed by atoms with Gasteiger partial charge in [0.25, 0.3) is 0 Å². The Labute approximate surface area is 109 Å². The lowest BCUT2D eigenvalue weighted by Crippen LogP contribution is -2.22. The van der Waals surface area contributed by atoms with Gasteiger partial charge >= 0.3 is 0 Å². The minimum absolute atomic E-state index is 0.153. The molecule has 0 aliphatic carbocycles. The lowest BCUT2D eigenvalue weighted by Gasteiger charge is -2.18. The highest BCUT2D eigenvalue weighted by Crippen LogP contribution is 2.30. The summed E-state index contributed by atoms with van der Waals surface area (Å²) in [6.07, 6.45) is 0. The molecule has 1 nitrogen and oxygen atoms in total. The maximum absolute atomic E-state index is 13.3. The third-order valence-electron chi connectivity index (χ3n) is 2.79. The number of hydrogen-bond donors (Lipinski definition) is 1. The van der Waals surface area contributed by atoms with E-state index >= 15 is 0 Å². The molecule has 4 heteroatoms. The van der Waals surface area contributed by atoms with Crippen LogP contribution in [0.4, 0.5) is 8.78 Å². The predicted octanol–water partition coefficient (Wildman–Crippen LogP) is 4.03. The zero-order valence-corrected chi connectivity index (χ0v) is 11.2. The molecule has 1 atom stereocenters. The van der Waals surface area contributed by atoms with Gasteiger partial charge in [-0.25, -0.2) is 8.78 Å². The molecule has 18 heavy (non-hydrogen) atoms. The van der Waals surface area contributed by atoms with Gasteiger partial charge in [-0.15, -0.1) is 11.3 Å². The molecule has 0 saturated carbocycles. The summed E-state index contributed by atoms with van der Waals surface area (Å²) in [6.45, 7) is 4.72. The van der Waals surface area contributed by atoms with Crippen LogP contribution in [0.3, 0.4) is 0 Å². The van der Waals surface area contributed by atoms with Crippen molar-refractivity contribution in [3.63, 3.8) is 0 Å². The highest BCUT2D eigenvalue weighted by atomic mass is 32.1. The van der Waals surface area contributed by atoms with E-state index in [-0.39, 0.29) is 6.04 Å². The fraction of sp³-hybridized carbons (Fsp3) is 0.286. The summed E-state index contributed by atoms with van der Waals surface area (Å²) in [7, 11) is 0. The molecule has 0 aliphatic rings. The van der Waals surface area contributed by atoms with Gasteiger partial charge in [-0.2, -0.15) is 0 Å². The second-order valence-corrected chi connectivity index (χ2v) is 5.11. The van der Waals surface area contributed by atoms with Crippen LogP contribution in [0.1, 0.15) is 29.0 Å². The van der Waals surface area contributed by atoms with Crippen LogP contribution in [0, 0.1) is 18.6 Å². The van der Waals surface area contributed by atoms with Gasteiger partial charge in [-0.05, 0) is 48.2 Å². The van der Waals surface area contributed by atoms with E-state index in [2.05, 4.69) is 5.32 Å². The second kappa shape index (κ2) is 5.59. The molecule has 2 rings (SSSR count). The van der Waals surface area contributed by atoms with Crippen molar-refractivity contribution in [3.05, 3.63) is 57.3 Å². The van der Waals surface area contributed by atoms with Crippen LogP contribution in [0.25, 0.3) is 0 Å². The summed E-state index contributed by atoms with van der Waals surface area (Å²) in [4.78, 5) is 1.10. The van der Waals surface area contributed by atoms with Gasteiger partial charge in [-0.1, -0.05) is 6.92 Å². The van der Waals surface area contributed by atoms with E-state index in [0.717, 1.165) is 23.1 Å². The predicted molar refractivity (Wildman–Crippen MR) is 70.9 cm³/mol. The summed E-state index contributed by atoms with van der Waals surface area (Å²) in [5.74, 6) is -1.08. The fourth-order valence-electron chi connectivity index (χ4n) is 1.99. The normalized spacial score (nSPS) is 12.7. The topological polar surface area (TPSA) is 12.0 Å². The van der Waals surface area contributed by atoms with Crippen molar-refractivity contribution in [2.45, 2.75) is 19.9 Å². The van der Waals surface area contributed by atoms with Gasteiger partial charge in [0.2, 0.25) is 0 Å². The highest BCUT2D eigenvalue weighted by molar-refractivity contribution is 7.10. The number of rotatable bonds is 4. The Morgan fingerprint density at radius 2 is 1.89 bits per heavy atom. The zero-order valence-electron chi connectivity index (χ0n) is 10.3. The first-order valence-electron chi connectivity index (χ1n) is 5.85. The van der Waals surface area contributed by atoms with Crippen LogP contribution in [-0.4, -0.2) is 6.54 Å². The van der Waals surface area contributed by atoms with Crippen molar-refractivity contribution in [2.24, 2.45) is 0 Å². The van der Waals surface area contributed by atoms with Crippen LogP contribution in [-0.2, 0) is 0 Å². The van der Waals surface area contributed by atoms with E-state index in [1.165, 1.54) is 12.1 Å². The van der Waals surface area contributed by atoms with Gasteiger partial charge in [0.15, 0.2) is 0 Å². The van der Waals surface area contributed by atoms with Crippen molar-refractivity contribution in [1.29, 1.82) is 0 Å². The first-order valence-corrected chi connectivity index (χ1v) is 6.73. The molecule has 0 saturated heterocycles. The molecule has 0 aliphatic heterocycles. The molecule has 96 valence electrons. The lowest BCUT2D eigenvalue weighted by molar-refractivity contribution is 0.566. The largest absolute Gasteiger partial charge is 0.306 e. The molecule has 0 amide bonds. The summed E-state index contributed by atoms with van der Waals surface area (Å²) in [5.41, 5.74) is 1.76. The molecule has 0 spiro atoms. The monoisotopic (exact) mass is 267 g/mol. The van der Waals surface area contributed by atoms with E-state index in [1.54, 1.807) is 11.3 Å². The number of thiophene rings is 1. The fourth-order valence-corrected chi connectivity index (χ4v) is 3.02. The van der Waals surface area contributed by atoms with Gasteiger partial charge in [-0.3, -0.25) is 0 Å². The molecule has 1 unspecified atom stereocenters. The molecule has 0 fully saturated rings. The lowest BCUT2D eigenvalue weighted by atomic mass is 10.0. The molecule has 0 bridgehead atoms. The number of aryl methyl sites for hydroxylation is 1. The molecular weight excluding hydrogens is 252 g/mol. The standard InChI is InChI=1S/C14H15F2NS/c1-3-17-13(14-9(2)4-5-18-14)10-6-11(15)8-12(16)7-10/h4-8,13,17H,3H2,1-2H3. The average Bonchev–Trinajstić information content (AvgIpc) is 2.71. The Morgan fingerprint density at radius 3 is 2.39 bits per heavy atom. The maximum atomic E-state index is 13.3. The van der Waals surface area contributed by atoms with Gasteiger partial charge in [0, 0.05) is 10.9 Å². The number of nitrogens with one attached hydrogen (secondary N) is 1. The Hall–Kier alpha value is -1.26. The van der Waals surface area contributed by atoms with Crippen molar-refractivity contribution in [1.82, 2.24) is 5.32 Å². The van der Waals surface area contributed by atoms with Crippen molar-refractivity contribution in [2.75, 3.05) is 6.54 Å². The summed E-state index contributed by atoms with van der Waals surface area (Å²) in [6, 6.07) is 5.53. The molecule has 1 heterocycles. The summed E-state index contributed by atoms with van der Waals surface area (Å²) in [5, 5.41) is 5.26. The quantitative estimate of drug-likeness (QED) is 0.881. The van der Waals surface area contributed by atoms with Crippen molar-refractivity contribution < 1.29 is 8.78 Å². The molecule has 0 radical (unpaired) electrons. The Kier molecular flexibility index (Phi) is 4.09. The minimum atomic E-state index is -0.540. The molecule has 1 aromatic heterocycles. The van der Waals surface area contributed by atoms with Gasteiger partial charge in [0.05, 0.1) is 6.04 Å². The van der Waals surface area contributed by atoms with Crippen molar-refractivity contribution in [3.8, 4) is 0 Å². The van der Waals surface area contributed by atoms with Crippen LogP contribution in [0.2, 0.25) is 0 Å². The Morgan fingerprint density at radius 1 is 1.22 bits per heavy atom. The maximum Gasteiger partial charge on any atom is 0.126 e. The van der Waals surface area contributed by atoms with Crippen LogP contribution >= 0.6 is 11.3 Å². The molecule has 1 N–H and O–H groups in total. The van der Waals surface area contributed by atoms with E-state index in [4.69, 9.17) is 0 Å². The zero-order chi connectivity index (χ0) is 13.1. The molecular formula is C14H15F2NS. The van der Waals surface area contributed by atoms with E-state index in [1.807, 2.05) is 25.3 Å². The number of hydrogen-bond acceptors (Lipinski definition) is 2. The number of halogens is 2. The summed E-state index contributed by atoms with van der Waals surface area (Å²) >= 11 is 1.60. The minimum Gasteiger partial charge on any atom is -0.306 e. The third kappa shape index (κ3) is 2.76. The highest BCUT2D eigenvalue weighted by Gasteiger charge is 2.17. The Balaban J connectivity index is 2.44. The molecule has 1 aromatic carbocycles. The van der Waals surface area contributed by atoms with Crippen LogP contribution in [0.5, 0.6) is 0 Å². The Bertz CT molecular complexity index is 516. The first-order chi connectivity index (χ1) is 8.61.